The summed E-state index contributed by atoms with van der Waals surface area (Å²) in [6.45, 7) is 7.44. The van der Waals surface area contributed by atoms with Gasteiger partial charge in [0.2, 0.25) is 0 Å². The molecule has 1 amide bonds. The normalized spacial score (nSPS) is 11.4. The van der Waals surface area contributed by atoms with Crippen LogP contribution in [-0.4, -0.2) is 25.3 Å². The molecule has 0 saturated heterocycles. The van der Waals surface area contributed by atoms with Gasteiger partial charge in [0.05, 0.1) is 6.21 Å². The molecular weight excluding hydrogens is 424 g/mol. The molecular formula is C26H27ClN2O3. The van der Waals surface area contributed by atoms with Crippen molar-refractivity contribution >= 4 is 23.7 Å². The van der Waals surface area contributed by atoms with Crippen molar-refractivity contribution in [2.24, 2.45) is 5.10 Å². The Labute approximate surface area is 194 Å². The lowest BCUT2D eigenvalue weighted by molar-refractivity contribution is 0.0955. The average Bonchev–Trinajstić information content (AvgIpc) is 2.77. The van der Waals surface area contributed by atoms with Crippen molar-refractivity contribution in [2.75, 3.05) is 13.2 Å². The summed E-state index contributed by atoms with van der Waals surface area (Å²) in [7, 11) is 0. The number of rotatable bonds is 8. The maximum Gasteiger partial charge on any atom is 0.271 e. The third kappa shape index (κ3) is 7.13. The highest BCUT2D eigenvalue weighted by molar-refractivity contribution is 6.30. The molecule has 0 heterocycles. The summed E-state index contributed by atoms with van der Waals surface area (Å²) in [5, 5.41) is 4.48. The van der Waals surface area contributed by atoms with Gasteiger partial charge in [0.25, 0.3) is 5.91 Å². The lowest BCUT2D eigenvalue weighted by Crippen LogP contribution is -2.17. The molecule has 0 unspecified atom stereocenters. The summed E-state index contributed by atoms with van der Waals surface area (Å²) in [5.74, 6) is 1.24. The third-order valence-electron chi connectivity index (χ3n) is 4.69. The van der Waals surface area contributed by atoms with Crippen LogP contribution in [0.1, 0.15) is 42.3 Å². The van der Waals surface area contributed by atoms with Crippen molar-refractivity contribution in [3.8, 4) is 11.5 Å². The largest absolute Gasteiger partial charge is 0.490 e. The molecule has 0 aromatic heterocycles. The van der Waals surface area contributed by atoms with Crippen LogP contribution in [-0.2, 0) is 5.41 Å². The number of amides is 1. The predicted octanol–water partition coefficient (Wildman–Crippen LogP) is 5.86. The molecule has 32 heavy (non-hydrogen) atoms. The first-order valence-electron chi connectivity index (χ1n) is 10.4. The second kappa shape index (κ2) is 10.8. The Morgan fingerprint density at radius 2 is 1.53 bits per heavy atom. The number of carbonyl (C=O) groups is 1. The first-order chi connectivity index (χ1) is 15.3. The van der Waals surface area contributed by atoms with Crippen LogP contribution in [0.2, 0.25) is 5.02 Å². The lowest BCUT2D eigenvalue weighted by atomic mass is 9.87. The summed E-state index contributed by atoms with van der Waals surface area (Å²) < 4.78 is 11.5. The van der Waals surface area contributed by atoms with E-state index in [0.717, 1.165) is 17.1 Å². The van der Waals surface area contributed by atoms with Crippen molar-refractivity contribution < 1.29 is 14.3 Å². The van der Waals surface area contributed by atoms with Crippen LogP contribution in [0.4, 0.5) is 0 Å². The molecule has 3 aromatic carbocycles. The van der Waals surface area contributed by atoms with Gasteiger partial charge in [-0.1, -0.05) is 50.6 Å². The maximum atomic E-state index is 12.0. The quantitative estimate of drug-likeness (QED) is 0.265. The number of halogens is 1. The standard InChI is InChI=1S/C26H27ClN2O3/c1-26(2,3)21-9-13-24(14-10-21)32-16-15-31-23-11-7-19(8-12-23)18-28-29-25(30)20-5-4-6-22(27)17-20/h4-14,17-18H,15-16H2,1-3H3,(H,29,30). The fraction of sp³-hybridized carbons (Fsp3) is 0.231. The zero-order valence-electron chi connectivity index (χ0n) is 18.5. The molecule has 5 nitrogen and oxygen atoms in total. The van der Waals surface area contributed by atoms with E-state index >= 15 is 0 Å². The van der Waals surface area contributed by atoms with E-state index in [0.29, 0.717) is 23.8 Å². The smallest absolute Gasteiger partial charge is 0.271 e. The van der Waals surface area contributed by atoms with Gasteiger partial charge in [-0.25, -0.2) is 5.43 Å². The highest BCUT2D eigenvalue weighted by atomic mass is 35.5. The Morgan fingerprint density at radius 1 is 0.938 bits per heavy atom. The van der Waals surface area contributed by atoms with Crippen LogP contribution in [0, 0.1) is 0 Å². The summed E-state index contributed by atoms with van der Waals surface area (Å²) >= 11 is 5.89. The van der Waals surface area contributed by atoms with E-state index in [9.17, 15) is 4.79 Å². The minimum Gasteiger partial charge on any atom is -0.490 e. The molecule has 3 rings (SSSR count). The number of ether oxygens (including phenoxy) is 2. The molecule has 6 heteroatoms. The van der Waals surface area contributed by atoms with Gasteiger partial charge in [-0.05, 0) is 71.1 Å². The number of nitrogens with zero attached hydrogens (tertiary/aromatic N) is 1. The molecule has 0 aliphatic heterocycles. The number of hydrazone groups is 1. The third-order valence-corrected chi connectivity index (χ3v) is 4.92. The minimum absolute atomic E-state index is 0.125. The first-order valence-corrected chi connectivity index (χ1v) is 10.7. The number of carbonyl (C=O) groups excluding carboxylic acids is 1. The molecule has 0 spiro atoms. The van der Waals surface area contributed by atoms with Gasteiger partial charge in [-0.15, -0.1) is 0 Å². The SMILES string of the molecule is CC(C)(C)c1ccc(OCCOc2ccc(C=NNC(=O)c3cccc(Cl)c3)cc2)cc1. The fourth-order valence-electron chi connectivity index (χ4n) is 2.88. The number of hydrogen-bond acceptors (Lipinski definition) is 4. The van der Waals surface area contributed by atoms with Gasteiger partial charge >= 0.3 is 0 Å². The molecule has 0 atom stereocenters. The van der Waals surface area contributed by atoms with E-state index < -0.39 is 0 Å². The molecule has 0 fully saturated rings. The van der Waals surface area contributed by atoms with E-state index in [1.54, 1.807) is 30.5 Å². The van der Waals surface area contributed by atoms with Gasteiger partial charge in [-0.3, -0.25) is 4.79 Å². The molecule has 166 valence electrons. The van der Waals surface area contributed by atoms with Crippen LogP contribution in [0.3, 0.4) is 0 Å². The Hall–Kier alpha value is -3.31. The first kappa shape index (κ1) is 23.4. The Balaban J connectivity index is 1.40. The number of hydrogen-bond donors (Lipinski definition) is 1. The van der Waals surface area contributed by atoms with Crippen LogP contribution in [0.15, 0.2) is 77.9 Å². The van der Waals surface area contributed by atoms with Gasteiger partial charge in [0.1, 0.15) is 24.7 Å². The molecule has 1 N–H and O–H groups in total. The average molecular weight is 451 g/mol. The number of nitrogens with one attached hydrogen (secondary N) is 1. The van der Waals surface area contributed by atoms with Crippen LogP contribution >= 0.6 is 11.6 Å². The van der Waals surface area contributed by atoms with Crippen molar-refractivity contribution in [1.29, 1.82) is 0 Å². The van der Waals surface area contributed by atoms with Crippen molar-refractivity contribution in [3.05, 3.63) is 94.5 Å². The van der Waals surface area contributed by atoms with Crippen molar-refractivity contribution in [1.82, 2.24) is 5.43 Å². The van der Waals surface area contributed by atoms with Crippen LogP contribution in [0.5, 0.6) is 11.5 Å². The Morgan fingerprint density at radius 3 is 2.09 bits per heavy atom. The van der Waals surface area contributed by atoms with Crippen molar-refractivity contribution in [2.45, 2.75) is 26.2 Å². The van der Waals surface area contributed by atoms with E-state index in [-0.39, 0.29) is 11.3 Å². The second-order valence-corrected chi connectivity index (χ2v) is 8.69. The van der Waals surface area contributed by atoms with Gasteiger partial charge in [0.15, 0.2) is 0 Å². The van der Waals surface area contributed by atoms with Crippen LogP contribution in [0.25, 0.3) is 0 Å². The fourth-order valence-corrected chi connectivity index (χ4v) is 3.07. The molecule has 0 saturated carbocycles. The van der Waals surface area contributed by atoms with Gasteiger partial charge in [-0.2, -0.15) is 5.10 Å². The Bertz CT molecular complexity index is 1060. The summed E-state index contributed by atoms with van der Waals surface area (Å²) in [6, 6.07) is 22.2. The molecule has 0 radical (unpaired) electrons. The second-order valence-electron chi connectivity index (χ2n) is 8.25. The van der Waals surface area contributed by atoms with Crippen molar-refractivity contribution in [3.63, 3.8) is 0 Å². The van der Waals surface area contributed by atoms with Crippen LogP contribution < -0.4 is 14.9 Å². The maximum absolute atomic E-state index is 12.0. The highest BCUT2D eigenvalue weighted by Gasteiger charge is 2.12. The van der Waals surface area contributed by atoms with Gasteiger partial charge in [0, 0.05) is 10.6 Å². The molecule has 0 aliphatic rings. The minimum atomic E-state index is -0.322. The summed E-state index contributed by atoms with van der Waals surface area (Å²) in [6.07, 6.45) is 1.57. The number of benzene rings is 3. The van der Waals surface area contributed by atoms with E-state index in [4.69, 9.17) is 21.1 Å². The highest BCUT2D eigenvalue weighted by Crippen LogP contribution is 2.24. The van der Waals surface area contributed by atoms with E-state index in [1.807, 2.05) is 36.4 Å². The van der Waals surface area contributed by atoms with E-state index in [1.165, 1.54) is 5.56 Å². The zero-order chi connectivity index (χ0) is 23.0. The monoisotopic (exact) mass is 450 g/mol. The predicted molar refractivity (Wildman–Crippen MR) is 129 cm³/mol. The molecule has 3 aromatic rings. The van der Waals surface area contributed by atoms with E-state index in [2.05, 4.69) is 43.4 Å². The topological polar surface area (TPSA) is 59.9 Å². The molecule has 0 aliphatic carbocycles. The molecule has 0 bridgehead atoms. The Kier molecular flexibility index (Phi) is 7.90. The lowest BCUT2D eigenvalue weighted by Gasteiger charge is -2.19. The summed E-state index contributed by atoms with van der Waals surface area (Å²) in [4.78, 5) is 12.0. The zero-order valence-corrected chi connectivity index (χ0v) is 19.2. The summed E-state index contributed by atoms with van der Waals surface area (Å²) in [5.41, 5.74) is 5.16. The van der Waals surface area contributed by atoms with Gasteiger partial charge < -0.3 is 9.47 Å².